The summed E-state index contributed by atoms with van der Waals surface area (Å²) in [5, 5.41) is 14.6. The molecule has 0 bridgehead atoms. The van der Waals surface area contributed by atoms with Crippen molar-refractivity contribution < 1.29 is 15.2 Å². The minimum atomic E-state index is -1.01. The van der Waals surface area contributed by atoms with Gasteiger partial charge in [0, 0.05) is 42.7 Å². The van der Waals surface area contributed by atoms with Gasteiger partial charge in [0.05, 0.1) is 11.7 Å². The van der Waals surface area contributed by atoms with Crippen LogP contribution in [0, 0.1) is 0 Å². The number of para-hydroxylation sites is 1. The number of aliphatic carboxylic acids is 1. The fourth-order valence-corrected chi connectivity index (χ4v) is 3.74. The monoisotopic (exact) mass is 335 g/mol. The molecule has 128 valence electrons. The summed E-state index contributed by atoms with van der Waals surface area (Å²) in [5.41, 5.74) is 5.44. The standard InChI is InChI=1S/C20H21N3O2/c1-23(2)13-9-7-12(8-10-13)18-19-15(11-17(22-18)20(24)25)14-5-3-4-6-16(14)21-19/h3-10,17-18,21-22H,11H2,1-2H3,(H,24,25)/t17-,18+/m1/s1. The van der Waals surface area contributed by atoms with Gasteiger partial charge in [-0.2, -0.15) is 0 Å². The molecule has 0 aliphatic carbocycles. The molecule has 0 saturated heterocycles. The minimum Gasteiger partial charge on any atom is -0.544 e. The third-order valence-corrected chi connectivity index (χ3v) is 5.08. The van der Waals surface area contributed by atoms with Crippen LogP contribution >= 0.6 is 0 Å². The molecule has 5 nitrogen and oxygen atoms in total. The number of carbonyl (C=O) groups is 1. The number of nitrogens with one attached hydrogen (secondary N) is 1. The molecule has 3 N–H and O–H groups in total. The Morgan fingerprint density at radius 1 is 1.16 bits per heavy atom. The highest BCUT2D eigenvalue weighted by atomic mass is 16.4. The third-order valence-electron chi connectivity index (χ3n) is 5.08. The second-order valence-electron chi connectivity index (χ2n) is 6.85. The Kier molecular flexibility index (Phi) is 3.73. The molecule has 0 radical (unpaired) electrons. The molecule has 0 unspecified atom stereocenters. The van der Waals surface area contributed by atoms with Crippen molar-refractivity contribution in [2.24, 2.45) is 0 Å². The number of aromatic nitrogens is 1. The first kappa shape index (κ1) is 15.7. The van der Waals surface area contributed by atoms with Crippen LogP contribution in [0.3, 0.4) is 0 Å². The van der Waals surface area contributed by atoms with Crippen LogP contribution in [0.1, 0.15) is 22.9 Å². The molecule has 25 heavy (non-hydrogen) atoms. The van der Waals surface area contributed by atoms with Crippen LogP contribution in [0.5, 0.6) is 0 Å². The summed E-state index contributed by atoms with van der Waals surface area (Å²) in [6.45, 7) is 0. The molecule has 0 spiro atoms. The number of aromatic amines is 1. The molecule has 2 aromatic carbocycles. The number of quaternary nitrogens is 1. The third kappa shape index (κ3) is 2.66. The number of anilines is 1. The Morgan fingerprint density at radius 3 is 2.56 bits per heavy atom. The topological polar surface area (TPSA) is 75.8 Å². The molecule has 4 rings (SSSR count). The first-order chi connectivity index (χ1) is 12.0. The van der Waals surface area contributed by atoms with Gasteiger partial charge in [0.2, 0.25) is 0 Å². The maximum Gasteiger partial charge on any atom is 0.153 e. The quantitative estimate of drug-likeness (QED) is 0.734. The van der Waals surface area contributed by atoms with Gasteiger partial charge in [-0.3, -0.25) is 0 Å². The van der Waals surface area contributed by atoms with E-state index >= 15 is 0 Å². The summed E-state index contributed by atoms with van der Waals surface area (Å²) < 4.78 is 0. The molecule has 1 aliphatic rings. The van der Waals surface area contributed by atoms with E-state index in [1.807, 2.05) is 42.5 Å². The Morgan fingerprint density at radius 2 is 1.88 bits per heavy atom. The number of carboxylic acid groups (broad SMARTS) is 1. The number of nitrogens with two attached hydrogens (primary N) is 1. The number of hydrogen-bond donors (Lipinski definition) is 2. The summed E-state index contributed by atoms with van der Waals surface area (Å²) in [5.74, 6) is -1.01. The second-order valence-corrected chi connectivity index (χ2v) is 6.85. The van der Waals surface area contributed by atoms with Crippen LogP contribution < -0.4 is 15.3 Å². The van der Waals surface area contributed by atoms with E-state index < -0.39 is 12.0 Å². The second kappa shape index (κ2) is 5.93. The van der Waals surface area contributed by atoms with E-state index in [0.29, 0.717) is 6.42 Å². The van der Waals surface area contributed by atoms with Crippen molar-refractivity contribution in [3.8, 4) is 0 Å². The van der Waals surface area contributed by atoms with Crippen molar-refractivity contribution in [3.05, 3.63) is 65.4 Å². The zero-order valence-corrected chi connectivity index (χ0v) is 14.3. The molecule has 0 amide bonds. The zero-order chi connectivity index (χ0) is 17.6. The maximum absolute atomic E-state index is 11.6. The van der Waals surface area contributed by atoms with Crippen molar-refractivity contribution in [1.82, 2.24) is 4.98 Å². The molecule has 2 atom stereocenters. The van der Waals surface area contributed by atoms with Gasteiger partial charge in [-0.1, -0.05) is 30.3 Å². The smallest absolute Gasteiger partial charge is 0.153 e. The number of benzene rings is 2. The number of rotatable bonds is 3. The van der Waals surface area contributed by atoms with Crippen molar-refractivity contribution in [2.45, 2.75) is 18.5 Å². The van der Waals surface area contributed by atoms with Crippen molar-refractivity contribution in [3.63, 3.8) is 0 Å². The first-order valence-corrected chi connectivity index (χ1v) is 8.47. The van der Waals surface area contributed by atoms with Gasteiger partial charge >= 0.3 is 0 Å². The van der Waals surface area contributed by atoms with Crippen LogP contribution in [0.15, 0.2) is 48.5 Å². The Labute approximate surface area is 146 Å². The molecule has 5 heteroatoms. The Balaban J connectivity index is 1.83. The van der Waals surface area contributed by atoms with Crippen molar-refractivity contribution in [2.75, 3.05) is 19.0 Å². The summed E-state index contributed by atoms with van der Waals surface area (Å²) in [4.78, 5) is 17.1. The minimum absolute atomic E-state index is 0.0738. The zero-order valence-electron chi connectivity index (χ0n) is 14.3. The number of carboxylic acids is 1. The predicted molar refractivity (Wildman–Crippen MR) is 95.3 cm³/mol. The number of fused-ring (bicyclic) bond motifs is 3. The highest BCUT2D eigenvalue weighted by Gasteiger charge is 2.34. The van der Waals surface area contributed by atoms with E-state index in [2.05, 4.69) is 35.3 Å². The van der Waals surface area contributed by atoms with E-state index in [-0.39, 0.29) is 6.04 Å². The fourth-order valence-electron chi connectivity index (χ4n) is 3.74. The van der Waals surface area contributed by atoms with Crippen LogP contribution in [-0.4, -0.2) is 31.1 Å². The van der Waals surface area contributed by atoms with Crippen LogP contribution in [0.25, 0.3) is 10.9 Å². The van der Waals surface area contributed by atoms with Gasteiger partial charge in [0.1, 0.15) is 6.04 Å². The van der Waals surface area contributed by atoms with Crippen LogP contribution in [-0.2, 0) is 11.2 Å². The predicted octanol–water partition coefficient (Wildman–Crippen LogP) is 0.561. The van der Waals surface area contributed by atoms with E-state index in [9.17, 15) is 9.90 Å². The summed E-state index contributed by atoms with van der Waals surface area (Å²) in [6, 6.07) is 15.7. The Hall–Kier alpha value is -2.79. The molecule has 1 aliphatic heterocycles. The van der Waals surface area contributed by atoms with Gasteiger partial charge in [0.25, 0.3) is 0 Å². The van der Waals surface area contributed by atoms with E-state index in [4.69, 9.17) is 0 Å². The first-order valence-electron chi connectivity index (χ1n) is 8.47. The van der Waals surface area contributed by atoms with Crippen LogP contribution in [0.4, 0.5) is 5.69 Å². The largest absolute Gasteiger partial charge is 0.544 e. The van der Waals surface area contributed by atoms with Crippen molar-refractivity contribution >= 4 is 22.6 Å². The highest BCUT2D eigenvalue weighted by Crippen LogP contribution is 2.32. The highest BCUT2D eigenvalue weighted by molar-refractivity contribution is 5.86. The van der Waals surface area contributed by atoms with E-state index in [0.717, 1.165) is 33.4 Å². The summed E-state index contributed by atoms with van der Waals surface area (Å²) >= 11 is 0. The lowest BCUT2D eigenvalue weighted by atomic mass is 9.90. The lowest BCUT2D eigenvalue weighted by molar-refractivity contribution is -0.717. The van der Waals surface area contributed by atoms with Gasteiger partial charge in [-0.25, -0.2) is 0 Å². The molecule has 0 fully saturated rings. The average Bonchev–Trinajstić information content (AvgIpc) is 2.99. The van der Waals surface area contributed by atoms with E-state index in [1.165, 1.54) is 0 Å². The molecule has 0 saturated carbocycles. The van der Waals surface area contributed by atoms with Gasteiger partial charge in [-0.05, 0) is 23.8 Å². The number of hydrogen-bond acceptors (Lipinski definition) is 3. The lowest BCUT2D eigenvalue weighted by Crippen LogP contribution is -2.95. The molecule has 1 aromatic heterocycles. The summed E-state index contributed by atoms with van der Waals surface area (Å²) in [7, 11) is 4.01. The SMILES string of the molecule is CN(C)c1ccc([C@@H]2[NH2+][C@@H](C(=O)[O-])Cc3c2[nH]c2ccccc32)cc1. The fraction of sp³-hybridized carbons (Fsp3) is 0.250. The Bertz CT molecular complexity index is 928. The van der Waals surface area contributed by atoms with Crippen molar-refractivity contribution in [1.29, 1.82) is 0 Å². The van der Waals surface area contributed by atoms with Gasteiger partial charge in [0.15, 0.2) is 6.04 Å². The van der Waals surface area contributed by atoms with Gasteiger partial charge < -0.3 is 25.1 Å². The number of H-pyrrole nitrogens is 1. The molecule has 2 heterocycles. The normalized spacial score (nSPS) is 19.6. The van der Waals surface area contributed by atoms with Crippen LogP contribution in [0.2, 0.25) is 0 Å². The van der Waals surface area contributed by atoms with E-state index in [1.54, 1.807) is 0 Å². The number of carbonyl (C=O) groups excluding carboxylic acids is 1. The molecular formula is C20H21N3O2. The average molecular weight is 335 g/mol. The lowest BCUT2D eigenvalue weighted by Gasteiger charge is -2.29. The van der Waals surface area contributed by atoms with Gasteiger partial charge in [-0.15, -0.1) is 0 Å². The summed E-state index contributed by atoms with van der Waals surface area (Å²) in [6.07, 6.45) is 0.480. The molecule has 3 aromatic rings. The molecular weight excluding hydrogens is 314 g/mol. The maximum atomic E-state index is 11.6. The number of nitrogens with zero attached hydrogens (tertiary/aromatic N) is 1.